The molecule has 0 N–H and O–H groups in total. The number of hydrogen-bond donors (Lipinski definition) is 0. The minimum atomic E-state index is -0.170. The first kappa shape index (κ1) is 11.3. The highest BCUT2D eigenvalue weighted by atomic mass is 35.5. The molecular weight excluding hydrogens is 226 g/mol. The van der Waals surface area contributed by atoms with Crippen LogP contribution in [0.5, 0.6) is 0 Å². The Kier molecular flexibility index (Phi) is 3.06. The molecule has 0 aromatic heterocycles. The lowest BCUT2D eigenvalue weighted by Gasteiger charge is -2.31. The van der Waals surface area contributed by atoms with E-state index in [4.69, 9.17) is 16.3 Å². The Balaban J connectivity index is 2.44. The predicted octanol–water partition coefficient (Wildman–Crippen LogP) is 2.44. The molecule has 0 aliphatic carbocycles. The summed E-state index contributed by atoms with van der Waals surface area (Å²) >= 11 is 5.96. The molecule has 0 amide bonds. The highest BCUT2D eigenvalue weighted by Gasteiger charge is 2.29. The highest BCUT2D eigenvalue weighted by molar-refractivity contribution is 6.30. The van der Waals surface area contributed by atoms with Gasteiger partial charge in [0.05, 0.1) is 13.0 Å². The quantitative estimate of drug-likeness (QED) is 0.705. The molecule has 0 bridgehead atoms. The molecule has 0 fully saturated rings. The van der Waals surface area contributed by atoms with Crippen LogP contribution in [0.2, 0.25) is 5.02 Å². The van der Waals surface area contributed by atoms with E-state index in [1.807, 2.05) is 25.2 Å². The molecule has 2 rings (SSSR count). The first-order chi connectivity index (χ1) is 7.63. The van der Waals surface area contributed by atoms with Crippen LogP contribution in [-0.2, 0) is 9.53 Å². The maximum Gasteiger partial charge on any atom is 0.313 e. The minimum Gasteiger partial charge on any atom is -0.469 e. The molecule has 1 unspecified atom stereocenters. The summed E-state index contributed by atoms with van der Waals surface area (Å²) in [6.45, 7) is 0.840. The normalized spacial score (nSPS) is 19.2. The first-order valence-electron chi connectivity index (χ1n) is 5.22. The van der Waals surface area contributed by atoms with Gasteiger partial charge in [-0.25, -0.2) is 0 Å². The van der Waals surface area contributed by atoms with Crippen molar-refractivity contribution >= 4 is 23.3 Å². The fourth-order valence-electron chi connectivity index (χ4n) is 2.13. The summed E-state index contributed by atoms with van der Waals surface area (Å²) in [6.07, 6.45) is 0.789. The van der Waals surface area contributed by atoms with Gasteiger partial charge in [0.1, 0.15) is 0 Å². The van der Waals surface area contributed by atoms with Crippen molar-refractivity contribution in [3.8, 4) is 0 Å². The Bertz CT molecular complexity index is 419. The zero-order valence-electron chi connectivity index (χ0n) is 9.37. The molecule has 0 radical (unpaired) electrons. The summed E-state index contributed by atoms with van der Waals surface area (Å²) in [5, 5.41) is 0.691. The van der Waals surface area contributed by atoms with Crippen molar-refractivity contribution in [1.82, 2.24) is 0 Å². The van der Waals surface area contributed by atoms with E-state index in [1.54, 1.807) is 0 Å². The second-order valence-corrected chi connectivity index (χ2v) is 4.43. The van der Waals surface area contributed by atoms with Crippen LogP contribution in [0.25, 0.3) is 0 Å². The zero-order chi connectivity index (χ0) is 11.7. The summed E-state index contributed by atoms with van der Waals surface area (Å²) in [4.78, 5) is 13.8. The number of carbonyl (C=O) groups is 1. The van der Waals surface area contributed by atoms with Crippen molar-refractivity contribution in [3.05, 3.63) is 28.8 Å². The predicted molar refractivity (Wildman–Crippen MR) is 64.1 cm³/mol. The molecule has 0 saturated carbocycles. The van der Waals surface area contributed by atoms with Crippen LogP contribution < -0.4 is 4.90 Å². The lowest BCUT2D eigenvalue weighted by Crippen LogP contribution is -2.30. The Morgan fingerprint density at radius 1 is 1.56 bits per heavy atom. The molecule has 3 nitrogen and oxygen atoms in total. The maximum absolute atomic E-state index is 11.6. The number of benzene rings is 1. The van der Waals surface area contributed by atoms with E-state index in [9.17, 15) is 4.79 Å². The second-order valence-electron chi connectivity index (χ2n) is 3.99. The summed E-state index contributed by atoms with van der Waals surface area (Å²) < 4.78 is 4.82. The van der Waals surface area contributed by atoms with E-state index in [0.29, 0.717) is 5.02 Å². The molecule has 1 aromatic rings. The summed E-state index contributed by atoms with van der Waals surface area (Å²) in [5.74, 6) is -0.329. The van der Waals surface area contributed by atoms with Crippen LogP contribution in [-0.4, -0.2) is 26.7 Å². The number of halogens is 1. The average molecular weight is 240 g/mol. The topological polar surface area (TPSA) is 29.5 Å². The smallest absolute Gasteiger partial charge is 0.313 e. The number of ether oxygens (including phenoxy) is 1. The van der Waals surface area contributed by atoms with Crippen molar-refractivity contribution in [2.45, 2.75) is 12.3 Å². The Morgan fingerprint density at radius 3 is 3.00 bits per heavy atom. The van der Waals surface area contributed by atoms with Gasteiger partial charge >= 0.3 is 5.97 Å². The zero-order valence-corrected chi connectivity index (χ0v) is 10.1. The molecule has 1 heterocycles. The van der Waals surface area contributed by atoms with E-state index in [1.165, 1.54) is 7.11 Å². The van der Waals surface area contributed by atoms with Crippen molar-refractivity contribution in [3.63, 3.8) is 0 Å². The molecule has 16 heavy (non-hydrogen) atoms. The number of methoxy groups -OCH3 is 1. The van der Waals surface area contributed by atoms with Crippen molar-refractivity contribution in [1.29, 1.82) is 0 Å². The number of carbonyl (C=O) groups excluding carboxylic acids is 1. The van der Waals surface area contributed by atoms with E-state index < -0.39 is 0 Å². The van der Waals surface area contributed by atoms with Gasteiger partial charge in [0.15, 0.2) is 0 Å². The second kappa shape index (κ2) is 4.34. The molecule has 0 spiro atoms. The number of nitrogens with zero attached hydrogens (tertiary/aromatic N) is 1. The van der Waals surface area contributed by atoms with E-state index in [2.05, 4.69) is 4.90 Å². The van der Waals surface area contributed by atoms with Crippen molar-refractivity contribution in [2.24, 2.45) is 0 Å². The van der Waals surface area contributed by atoms with E-state index in [-0.39, 0.29) is 11.9 Å². The van der Waals surface area contributed by atoms with E-state index in [0.717, 1.165) is 24.2 Å². The minimum absolute atomic E-state index is 0.159. The molecule has 1 aromatic carbocycles. The number of rotatable bonds is 1. The molecule has 1 atom stereocenters. The fraction of sp³-hybridized carbons (Fsp3) is 0.417. The van der Waals surface area contributed by atoms with Gasteiger partial charge in [-0.15, -0.1) is 0 Å². The Morgan fingerprint density at radius 2 is 2.31 bits per heavy atom. The monoisotopic (exact) mass is 239 g/mol. The summed E-state index contributed by atoms with van der Waals surface area (Å²) in [7, 11) is 3.43. The van der Waals surface area contributed by atoms with Crippen LogP contribution in [0.15, 0.2) is 18.2 Å². The van der Waals surface area contributed by atoms with Crippen molar-refractivity contribution < 1.29 is 9.53 Å². The number of hydrogen-bond acceptors (Lipinski definition) is 3. The molecule has 86 valence electrons. The van der Waals surface area contributed by atoms with Gasteiger partial charge in [0.2, 0.25) is 0 Å². The van der Waals surface area contributed by atoms with Crippen LogP contribution in [0.1, 0.15) is 17.9 Å². The Hall–Kier alpha value is -1.22. The third-order valence-corrected chi connectivity index (χ3v) is 3.25. The number of fused-ring (bicyclic) bond motifs is 1. The molecule has 4 heteroatoms. The lowest BCUT2D eigenvalue weighted by molar-refractivity contribution is -0.142. The van der Waals surface area contributed by atoms with Gasteiger partial charge < -0.3 is 9.64 Å². The summed E-state index contributed by atoms with van der Waals surface area (Å²) in [5.41, 5.74) is 2.03. The van der Waals surface area contributed by atoms with Crippen LogP contribution in [0, 0.1) is 0 Å². The third-order valence-electron chi connectivity index (χ3n) is 3.02. The SMILES string of the molecule is COC(=O)C1CCN(C)c2cc(Cl)ccc21. The standard InChI is InChI=1S/C12H14ClNO2/c1-14-6-5-10(12(15)16-2)9-4-3-8(13)7-11(9)14/h3-4,7,10H,5-6H2,1-2H3. The largest absolute Gasteiger partial charge is 0.469 e. The van der Waals surface area contributed by atoms with Gasteiger partial charge in [-0.05, 0) is 24.1 Å². The van der Waals surface area contributed by atoms with Crippen molar-refractivity contribution in [2.75, 3.05) is 25.6 Å². The van der Waals surface area contributed by atoms with Crippen LogP contribution in [0.3, 0.4) is 0 Å². The number of anilines is 1. The van der Waals surface area contributed by atoms with Gasteiger partial charge in [-0.3, -0.25) is 4.79 Å². The average Bonchev–Trinajstić information content (AvgIpc) is 2.29. The van der Waals surface area contributed by atoms with Gasteiger partial charge in [-0.1, -0.05) is 17.7 Å². The highest BCUT2D eigenvalue weighted by Crippen LogP contribution is 2.36. The lowest BCUT2D eigenvalue weighted by atomic mass is 9.90. The Labute approximate surface area is 100.0 Å². The van der Waals surface area contributed by atoms with Gasteiger partial charge in [0, 0.05) is 24.3 Å². The maximum atomic E-state index is 11.6. The molecular formula is C12H14ClNO2. The number of esters is 1. The molecule has 1 aliphatic heterocycles. The summed E-state index contributed by atoms with van der Waals surface area (Å²) in [6, 6.07) is 5.62. The molecule has 0 saturated heterocycles. The first-order valence-corrected chi connectivity index (χ1v) is 5.59. The van der Waals surface area contributed by atoms with Crippen LogP contribution in [0.4, 0.5) is 5.69 Å². The third kappa shape index (κ3) is 1.87. The van der Waals surface area contributed by atoms with E-state index >= 15 is 0 Å². The molecule has 1 aliphatic rings. The van der Waals surface area contributed by atoms with Gasteiger partial charge in [-0.2, -0.15) is 0 Å². The van der Waals surface area contributed by atoms with Gasteiger partial charge in [0.25, 0.3) is 0 Å². The fourth-order valence-corrected chi connectivity index (χ4v) is 2.29. The van der Waals surface area contributed by atoms with Crippen LogP contribution >= 0.6 is 11.6 Å².